The minimum absolute atomic E-state index is 0.126. The molecule has 1 fully saturated rings. The van der Waals surface area contributed by atoms with Gasteiger partial charge in [0, 0.05) is 13.1 Å². The molecule has 3 N–H and O–H groups in total. The average Bonchev–Trinajstić information content (AvgIpc) is 2.33. The second kappa shape index (κ2) is 6.20. The predicted octanol–water partition coefficient (Wildman–Crippen LogP) is 2.13. The minimum atomic E-state index is -0.126. The molecule has 1 heterocycles. The molecule has 0 radical (unpaired) electrons. The van der Waals surface area contributed by atoms with E-state index in [1.807, 2.05) is 0 Å². The summed E-state index contributed by atoms with van der Waals surface area (Å²) in [4.78, 5) is 8.45. The SMILES string of the molecule is CCCNc1ncc(Cl)c(NCC2CC(O)C2)n1. The van der Waals surface area contributed by atoms with E-state index in [2.05, 4.69) is 27.5 Å². The number of aliphatic hydroxyl groups is 1. The Kier molecular flexibility index (Phi) is 4.60. The van der Waals surface area contributed by atoms with Crippen LogP contribution >= 0.6 is 11.6 Å². The molecule has 6 heteroatoms. The molecule has 0 aromatic carbocycles. The normalized spacial score (nSPS) is 22.4. The highest BCUT2D eigenvalue weighted by Gasteiger charge is 2.26. The number of hydrogen-bond donors (Lipinski definition) is 3. The maximum Gasteiger partial charge on any atom is 0.224 e. The van der Waals surface area contributed by atoms with E-state index in [9.17, 15) is 5.11 Å². The van der Waals surface area contributed by atoms with E-state index >= 15 is 0 Å². The fourth-order valence-electron chi connectivity index (χ4n) is 1.92. The highest BCUT2D eigenvalue weighted by molar-refractivity contribution is 6.32. The van der Waals surface area contributed by atoms with Crippen LogP contribution in [0.25, 0.3) is 0 Å². The van der Waals surface area contributed by atoms with Gasteiger partial charge in [0.1, 0.15) is 10.8 Å². The van der Waals surface area contributed by atoms with Crippen LogP contribution in [0.2, 0.25) is 5.02 Å². The highest BCUT2D eigenvalue weighted by Crippen LogP contribution is 2.28. The maximum atomic E-state index is 9.22. The first-order valence-corrected chi connectivity index (χ1v) is 6.75. The largest absolute Gasteiger partial charge is 0.393 e. The number of nitrogens with one attached hydrogen (secondary N) is 2. The molecule has 2 rings (SSSR count). The van der Waals surface area contributed by atoms with E-state index in [0.717, 1.165) is 32.4 Å². The van der Waals surface area contributed by atoms with E-state index in [4.69, 9.17) is 11.6 Å². The molecule has 1 aliphatic rings. The number of rotatable bonds is 6. The summed E-state index contributed by atoms with van der Waals surface area (Å²) in [6, 6.07) is 0. The van der Waals surface area contributed by atoms with Gasteiger partial charge in [0.05, 0.1) is 12.3 Å². The lowest BCUT2D eigenvalue weighted by Gasteiger charge is -2.31. The van der Waals surface area contributed by atoms with Crippen LogP contribution in [0.4, 0.5) is 11.8 Å². The molecule has 1 aromatic rings. The zero-order valence-corrected chi connectivity index (χ0v) is 11.2. The number of nitrogens with zero attached hydrogens (tertiary/aromatic N) is 2. The van der Waals surface area contributed by atoms with Gasteiger partial charge in [-0.15, -0.1) is 0 Å². The van der Waals surface area contributed by atoms with Crippen molar-refractivity contribution in [3.8, 4) is 0 Å². The summed E-state index contributed by atoms with van der Waals surface area (Å²) in [5, 5.41) is 16.1. The van der Waals surface area contributed by atoms with Crippen LogP contribution in [0.3, 0.4) is 0 Å². The topological polar surface area (TPSA) is 70.1 Å². The second-order valence-corrected chi connectivity index (χ2v) is 5.10. The molecule has 0 bridgehead atoms. The van der Waals surface area contributed by atoms with Crippen molar-refractivity contribution in [2.45, 2.75) is 32.3 Å². The number of aliphatic hydroxyl groups excluding tert-OH is 1. The molecule has 18 heavy (non-hydrogen) atoms. The van der Waals surface area contributed by atoms with Gasteiger partial charge in [-0.1, -0.05) is 18.5 Å². The van der Waals surface area contributed by atoms with Crippen molar-refractivity contribution in [1.82, 2.24) is 9.97 Å². The lowest BCUT2D eigenvalue weighted by molar-refractivity contribution is 0.0486. The standard InChI is InChI=1S/C12H19ClN4O/c1-2-3-14-12-16-7-10(13)11(17-12)15-6-8-4-9(18)5-8/h7-9,18H,2-6H2,1H3,(H2,14,15,16,17). The first kappa shape index (κ1) is 13.4. The maximum absolute atomic E-state index is 9.22. The van der Waals surface area contributed by atoms with E-state index in [1.165, 1.54) is 0 Å². The van der Waals surface area contributed by atoms with Crippen LogP contribution in [0.5, 0.6) is 0 Å². The molecule has 1 saturated carbocycles. The smallest absolute Gasteiger partial charge is 0.224 e. The third kappa shape index (κ3) is 3.46. The molecule has 0 saturated heterocycles. The van der Waals surface area contributed by atoms with Gasteiger partial charge in [-0.25, -0.2) is 4.98 Å². The van der Waals surface area contributed by atoms with Gasteiger partial charge in [0.2, 0.25) is 5.95 Å². The minimum Gasteiger partial charge on any atom is -0.393 e. The number of halogens is 1. The van der Waals surface area contributed by atoms with Crippen molar-refractivity contribution in [2.24, 2.45) is 5.92 Å². The van der Waals surface area contributed by atoms with Gasteiger partial charge in [0.15, 0.2) is 0 Å². The molecule has 0 unspecified atom stereocenters. The Morgan fingerprint density at radius 3 is 2.89 bits per heavy atom. The molecular formula is C12H19ClN4O. The van der Waals surface area contributed by atoms with Crippen LogP contribution in [0.15, 0.2) is 6.20 Å². The molecule has 0 atom stereocenters. The third-order valence-corrected chi connectivity index (χ3v) is 3.32. The van der Waals surface area contributed by atoms with Gasteiger partial charge >= 0.3 is 0 Å². The van der Waals surface area contributed by atoms with Crippen LogP contribution < -0.4 is 10.6 Å². The van der Waals surface area contributed by atoms with Gasteiger partial charge in [0.25, 0.3) is 0 Å². The highest BCUT2D eigenvalue weighted by atomic mass is 35.5. The Labute approximate surface area is 112 Å². The van der Waals surface area contributed by atoms with Crippen LogP contribution in [0, 0.1) is 5.92 Å². The molecule has 1 aromatic heterocycles. The molecule has 0 aliphatic heterocycles. The lowest BCUT2D eigenvalue weighted by Crippen LogP contribution is -2.33. The second-order valence-electron chi connectivity index (χ2n) is 4.69. The Balaban J connectivity index is 1.89. The fraction of sp³-hybridized carbons (Fsp3) is 0.667. The van der Waals surface area contributed by atoms with Crippen LogP contribution in [-0.4, -0.2) is 34.3 Å². The third-order valence-electron chi connectivity index (χ3n) is 3.05. The van der Waals surface area contributed by atoms with Gasteiger partial charge in [-0.05, 0) is 25.2 Å². The summed E-state index contributed by atoms with van der Waals surface area (Å²) < 4.78 is 0. The van der Waals surface area contributed by atoms with Crippen LogP contribution in [-0.2, 0) is 0 Å². The van der Waals surface area contributed by atoms with E-state index in [1.54, 1.807) is 6.20 Å². The van der Waals surface area contributed by atoms with E-state index in [-0.39, 0.29) is 6.10 Å². The van der Waals surface area contributed by atoms with Crippen LogP contribution in [0.1, 0.15) is 26.2 Å². The molecular weight excluding hydrogens is 252 g/mol. The number of anilines is 2. The summed E-state index contributed by atoms with van der Waals surface area (Å²) in [6.45, 7) is 3.72. The zero-order valence-electron chi connectivity index (χ0n) is 10.5. The summed E-state index contributed by atoms with van der Waals surface area (Å²) in [7, 11) is 0. The molecule has 1 aliphatic carbocycles. The van der Waals surface area contributed by atoms with Gasteiger partial charge in [-0.3, -0.25) is 0 Å². The Hall–Kier alpha value is -1.07. The molecule has 0 amide bonds. The fourth-order valence-corrected chi connectivity index (χ4v) is 2.08. The summed E-state index contributed by atoms with van der Waals surface area (Å²) in [6.07, 6.45) is 4.21. The Bertz CT molecular complexity index is 396. The van der Waals surface area contributed by atoms with Crippen molar-refractivity contribution in [1.29, 1.82) is 0 Å². The zero-order chi connectivity index (χ0) is 13.0. The number of aromatic nitrogens is 2. The quantitative estimate of drug-likeness (QED) is 0.739. The summed E-state index contributed by atoms with van der Waals surface area (Å²) >= 11 is 6.04. The molecule has 0 spiro atoms. The van der Waals surface area contributed by atoms with E-state index < -0.39 is 0 Å². The average molecular weight is 271 g/mol. The Morgan fingerprint density at radius 1 is 1.44 bits per heavy atom. The monoisotopic (exact) mass is 270 g/mol. The predicted molar refractivity (Wildman–Crippen MR) is 73.0 cm³/mol. The van der Waals surface area contributed by atoms with Crippen molar-refractivity contribution >= 4 is 23.4 Å². The van der Waals surface area contributed by atoms with Crippen molar-refractivity contribution in [3.05, 3.63) is 11.2 Å². The lowest BCUT2D eigenvalue weighted by atomic mass is 9.82. The van der Waals surface area contributed by atoms with Crippen molar-refractivity contribution in [2.75, 3.05) is 23.7 Å². The first-order chi connectivity index (χ1) is 8.69. The molecule has 100 valence electrons. The Morgan fingerprint density at radius 2 is 2.22 bits per heavy atom. The summed E-state index contributed by atoms with van der Waals surface area (Å²) in [5.74, 6) is 1.77. The van der Waals surface area contributed by atoms with Crippen molar-refractivity contribution in [3.63, 3.8) is 0 Å². The van der Waals surface area contributed by atoms with Gasteiger partial charge in [-0.2, -0.15) is 4.98 Å². The van der Waals surface area contributed by atoms with Crippen molar-refractivity contribution < 1.29 is 5.11 Å². The van der Waals surface area contributed by atoms with Gasteiger partial charge < -0.3 is 15.7 Å². The molecule has 5 nitrogen and oxygen atoms in total. The summed E-state index contributed by atoms with van der Waals surface area (Å²) in [5.41, 5.74) is 0. The first-order valence-electron chi connectivity index (χ1n) is 6.37. The number of hydrogen-bond acceptors (Lipinski definition) is 5. The van der Waals surface area contributed by atoms with E-state index in [0.29, 0.717) is 22.7 Å².